The molecule has 2 aromatic rings. The number of rotatable bonds is 8. The Morgan fingerprint density at radius 2 is 1.57 bits per heavy atom. The van der Waals surface area contributed by atoms with Gasteiger partial charge in [0, 0.05) is 20.1 Å². The Morgan fingerprint density at radius 1 is 1.00 bits per heavy atom. The number of nitrogens with one attached hydrogen (secondary N) is 1. The minimum atomic E-state index is -3.78. The molecule has 9 heteroatoms. The monoisotopic (exact) mass is 434 g/mol. The van der Waals surface area contributed by atoms with Crippen molar-refractivity contribution in [1.29, 1.82) is 0 Å². The van der Waals surface area contributed by atoms with Crippen molar-refractivity contribution in [3.63, 3.8) is 0 Å². The number of aliphatic hydroxyl groups is 2. The summed E-state index contributed by atoms with van der Waals surface area (Å²) < 4.78 is 32.6. The van der Waals surface area contributed by atoms with Gasteiger partial charge in [-0.3, -0.25) is 4.79 Å². The van der Waals surface area contributed by atoms with Crippen LogP contribution in [-0.2, 0) is 26.1 Å². The van der Waals surface area contributed by atoms with Crippen molar-refractivity contribution in [3.8, 4) is 0 Å². The van der Waals surface area contributed by atoms with E-state index in [0.717, 1.165) is 5.56 Å². The van der Waals surface area contributed by atoms with Crippen LogP contribution >= 0.6 is 0 Å². The lowest BCUT2D eigenvalue weighted by molar-refractivity contribution is -0.134. The summed E-state index contributed by atoms with van der Waals surface area (Å²) in [6.07, 6.45) is -4.59. The minimum Gasteiger partial charge on any atom is -0.388 e. The molecule has 1 amide bonds. The van der Waals surface area contributed by atoms with Gasteiger partial charge in [0.2, 0.25) is 15.9 Å². The van der Waals surface area contributed by atoms with Gasteiger partial charge in [0.1, 0.15) is 18.3 Å². The Labute approximate surface area is 176 Å². The van der Waals surface area contributed by atoms with Crippen molar-refractivity contribution in [2.24, 2.45) is 0 Å². The molecule has 0 spiro atoms. The van der Waals surface area contributed by atoms with E-state index in [2.05, 4.69) is 4.72 Å². The molecule has 3 rings (SSSR count). The normalized spacial score (nSPS) is 24.0. The van der Waals surface area contributed by atoms with Gasteiger partial charge in [0.05, 0.1) is 17.4 Å². The molecule has 1 fully saturated rings. The van der Waals surface area contributed by atoms with E-state index in [1.807, 2.05) is 30.3 Å². The molecule has 0 saturated carbocycles. The van der Waals surface area contributed by atoms with Crippen molar-refractivity contribution in [2.45, 2.75) is 42.3 Å². The van der Waals surface area contributed by atoms with E-state index >= 15 is 0 Å². The van der Waals surface area contributed by atoms with Crippen LogP contribution in [0.5, 0.6) is 0 Å². The molecule has 3 N–H and O–H groups in total. The van der Waals surface area contributed by atoms with E-state index in [9.17, 15) is 23.4 Å². The average Bonchev–Trinajstić information content (AvgIpc) is 3.01. The van der Waals surface area contributed by atoms with Crippen molar-refractivity contribution in [2.75, 3.05) is 13.6 Å². The van der Waals surface area contributed by atoms with Crippen LogP contribution in [0.2, 0.25) is 0 Å². The number of sulfonamides is 1. The summed E-state index contributed by atoms with van der Waals surface area (Å²) in [5.74, 6) is -0.249. The summed E-state index contributed by atoms with van der Waals surface area (Å²) in [5, 5.41) is 20.5. The average molecular weight is 435 g/mol. The summed E-state index contributed by atoms with van der Waals surface area (Å²) in [5.41, 5.74) is 0.967. The number of hydrogen-bond donors (Lipinski definition) is 3. The van der Waals surface area contributed by atoms with Crippen LogP contribution in [0, 0.1) is 0 Å². The maximum absolute atomic E-state index is 12.5. The number of carbonyl (C=O) groups is 1. The van der Waals surface area contributed by atoms with E-state index in [4.69, 9.17) is 4.74 Å². The second-order valence-corrected chi connectivity index (χ2v) is 9.07. The first-order valence-corrected chi connectivity index (χ1v) is 11.1. The largest absolute Gasteiger partial charge is 0.388 e. The summed E-state index contributed by atoms with van der Waals surface area (Å²) >= 11 is 0. The second kappa shape index (κ2) is 9.67. The number of benzene rings is 2. The van der Waals surface area contributed by atoms with Crippen LogP contribution in [0.3, 0.4) is 0 Å². The highest BCUT2D eigenvalue weighted by Gasteiger charge is 2.43. The van der Waals surface area contributed by atoms with E-state index in [1.165, 1.54) is 17.0 Å². The first kappa shape index (κ1) is 22.4. The van der Waals surface area contributed by atoms with Crippen LogP contribution in [0.1, 0.15) is 12.0 Å². The third-order valence-corrected chi connectivity index (χ3v) is 6.49. The van der Waals surface area contributed by atoms with Crippen LogP contribution in [0.25, 0.3) is 0 Å². The fraction of sp³-hybridized carbons (Fsp3) is 0.381. The molecule has 1 aliphatic heterocycles. The SMILES string of the molecule is CN(Cc1ccccc1)C(=O)C[C@@H]1O[C@H](CNS(=O)(=O)c2ccccc2)[C@@H](O)[C@H]1O. The Morgan fingerprint density at radius 3 is 2.20 bits per heavy atom. The van der Waals surface area contributed by atoms with Crippen molar-refractivity contribution >= 4 is 15.9 Å². The lowest BCUT2D eigenvalue weighted by Gasteiger charge is -2.21. The molecule has 0 aliphatic carbocycles. The van der Waals surface area contributed by atoms with Gasteiger partial charge in [-0.05, 0) is 17.7 Å². The van der Waals surface area contributed by atoms with Crippen molar-refractivity contribution in [3.05, 3.63) is 66.2 Å². The Balaban J connectivity index is 1.55. The molecule has 162 valence electrons. The fourth-order valence-corrected chi connectivity index (χ4v) is 4.38. The number of aliphatic hydroxyl groups excluding tert-OH is 2. The first-order chi connectivity index (χ1) is 14.3. The molecule has 1 heterocycles. The predicted octanol–water partition coefficient (Wildman–Crippen LogP) is 0.503. The van der Waals surface area contributed by atoms with Gasteiger partial charge in [0.25, 0.3) is 0 Å². The zero-order chi connectivity index (χ0) is 21.7. The molecule has 1 aliphatic rings. The van der Waals surface area contributed by atoms with E-state index < -0.39 is 34.4 Å². The topological polar surface area (TPSA) is 116 Å². The Kier molecular flexibility index (Phi) is 7.22. The summed E-state index contributed by atoms with van der Waals surface area (Å²) in [6.45, 7) is 0.186. The van der Waals surface area contributed by atoms with Gasteiger partial charge in [-0.25, -0.2) is 13.1 Å². The molecule has 0 unspecified atom stereocenters. The van der Waals surface area contributed by atoms with Crippen molar-refractivity contribution < 1.29 is 28.2 Å². The molecular weight excluding hydrogens is 408 g/mol. The highest BCUT2D eigenvalue weighted by molar-refractivity contribution is 7.89. The highest BCUT2D eigenvalue weighted by Crippen LogP contribution is 2.24. The lowest BCUT2D eigenvalue weighted by Crippen LogP contribution is -2.40. The van der Waals surface area contributed by atoms with Crippen LogP contribution in [-0.4, -0.2) is 67.4 Å². The van der Waals surface area contributed by atoms with Crippen LogP contribution in [0.4, 0.5) is 0 Å². The summed E-state index contributed by atoms with van der Waals surface area (Å²) in [6, 6.07) is 17.3. The smallest absolute Gasteiger partial charge is 0.240 e. The van der Waals surface area contributed by atoms with Gasteiger partial charge in [-0.15, -0.1) is 0 Å². The standard InChI is InChI=1S/C21H26N2O6S/c1-23(14-15-8-4-2-5-9-15)19(24)12-17-20(25)21(26)18(29-17)13-22-30(27,28)16-10-6-3-7-11-16/h2-11,17-18,20-22,25-26H,12-14H2,1H3/t17-,18+,20-,21+/m0/s1. The number of hydrogen-bond acceptors (Lipinski definition) is 6. The molecule has 1 saturated heterocycles. The molecule has 0 aromatic heterocycles. The van der Waals surface area contributed by atoms with Gasteiger partial charge in [-0.1, -0.05) is 48.5 Å². The highest BCUT2D eigenvalue weighted by atomic mass is 32.2. The summed E-state index contributed by atoms with van der Waals surface area (Å²) in [7, 11) is -2.12. The lowest BCUT2D eigenvalue weighted by atomic mass is 10.1. The quantitative estimate of drug-likeness (QED) is 0.557. The Bertz CT molecular complexity index is 938. The molecule has 8 nitrogen and oxygen atoms in total. The van der Waals surface area contributed by atoms with Gasteiger partial charge >= 0.3 is 0 Å². The van der Waals surface area contributed by atoms with Crippen LogP contribution < -0.4 is 4.72 Å². The zero-order valence-corrected chi connectivity index (χ0v) is 17.4. The van der Waals surface area contributed by atoms with Crippen LogP contribution in [0.15, 0.2) is 65.6 Å². The molecule has 2 aromatic carbocycles. The maximum atomic E-state index is 12.5. The first-order valence-electron chi connectivity index (χ1n) is 9.62. The Hall–Kier alpha value is -2.30. The third kappa shape index (κ3) is 5.44. The summed E-state index contributed by atoms with van der Waals surface area (Å²) in [4.78, 5) is 14.1. The van der Waals surface area contributed by atoms with Gasteiger partial charge in [-0.2, -0.15) is 0 Å². The molecule has 0 bridgehead atoms. The number of amides is 1. The molecular formula is C21H26N2O6S. The third-order valence-electron chi connectivity index (χ3n) is 5.05. The number of carbonyl (C=O) groups excluding carboxylic acids is 1. The maximum Gasteiger partial charge on any atom is 0.240 e. The van der Waals surface area contributed by atoms with Gasteiger partial charge in [0.15, 0.2) is 0 Å². The minimum absolute atomic E-state index is 0.0901. The zero-order valence-electron chi connectivity index (χ0n) is 16.6. The fourth-order valence-electron chi connectivity index (χ4n) is 3.31. The molecule has 0 radical (unpaired) electrons. The van der Waals surface area contributed by atoms with Crippen molar-refractivity contribution in [1.82, 2.24) is 9.62 Å². The number of ether oxygens (including phenoxy) is 1. The van der Waals surface area contributed by atoms with Gasteiger partial charge < -0.3 is 19.8 Å². The van der Waals surface area contributed by atoms with E-state index in [0.29, 0.717) is 6.54 Å². The molecule has 30 heavy (non-hydrogen) atoms. The van der Waals surface area contributed by atoms with E-state index in [-0.39, 0.29) is 23.8 Å². The predicted molar refractivity (Wildman–Crippen MR) is 110 cm³/mol. The number of nitrogens with zero attached hydrogens (tertiary/aromatic N) is 1. The molecule has 4 atom stereocenters. The second-order valence-electron chi connectivity index (χ2n) is 7.30. The van der Waals surface area contributed by atoms with E-state index in [1.54, 1.807) is 25.2 Å².